The molecule has 0 aliphatic rings. The number of rotatable bonds is 3. The van der Waals surface area contributed by atoms with E-state index in [0.29, 0.717) is 28.0 Å². The molecule has 0 saturated heterocycles. The molecular weight excluding hydrogens is 376 g/mol. The maximum Gasteiger partial charge on any atom is 0.265 e. The number of hydrogen-bond acceptors (Lipinski definition) is 4. The van der Waals surface area contributed by atoms with Crippen LogP contribution in [0, 0.1) is 27.7 Å². The van der Waals surface area contributed by atoms with E-state index in [-0.39, 0.29) is 11.5 Å². The van der Waals surface area contributed by atoms with Crippen LogP contribution in [0.2, 0.25) is 0 Å². The molecule has 0 aliphatic carbocycles. The number of para-hydroxylation sites is 1. The first-order chi connectivity index (χ1) is 14.3. The van der Waals surface area contributed by atoms with Crippen LogP contribution in [0.4, 0.5) is 5.69 Å². The van der Waals surface area contributed by atoms with Crippen molar-refractivity contribution in [2.75, 3.05) is 5.32 Å². The summed E-state index contributed by atoms with van der Waals surface area (Å²) in [6.07, 6.45) is 0. The van der Waals surface area contributed by atoms with Gasteiger partial charge in [0.1, 0.15) is 5.82 Å². The number of fused-ring (bicyclic) bond motifs is 1. The molecule has 0 bridgehead atoms. The van der Waals surface area contributed by atoms with Gasteiger partial charge >= 0.3 is 0 Å². The largest absolute Gasteiger partial charge is 0.320 e. The first-order valence-electron chi connectivity index (χ1n) is 9.70. The second kappa shape index (κ2) is 7.55. The van der Waals surface area contributed by atoms with Gasteiger partial charge in [0.25, 0.3) is 11.5 Å². The fraction of sp³-hybridized carbons (Fsp3) is 0.167. The van der Waals surface area contributed by atoms with Crippen LogP contribution in [0.3, 0.4) is 0 Å². The van der Waals surface area contributed by atoms with E-state index in [4.69, 9.17) is 0 Å². The van der Waals surface area contributed by atoms with Crippen molar-refractivity contribution in [2.24, 2.45) is 0 Å². The van der Waals surface area contributed by atoms with Crippen LogP contribution in [0.15, 0.2) is 59.4 Å². The highest BCUT2D eigenvalue weighted by Gasteiger charge is 2.13. The number of amides is 1. The Morgan fingerprint density at radius 1 is 0.933 bits per heavy atom. The number of carbonyl (C=O) groups excluding carboxylic acids is 1. The van der Waals surface area contributed by atoms with Crippen LogP contribution < -0.4 is 10.9 Å². The molecule has 6 heteroatoms. The first-order valence-corrected chi connectivity index (χ1v) is 9.70. The minimum atomic E-state index is -0.223. The van der Waals surface area contributed by atoms with Gasteiger partial charge in [-0.3, -0.25) is 19.1 Å². The second-order valence-corrected chi connectivity index (χ2v) is 7.36. The molecule has 150 valence electrons. The Hall–Kier alpha value is -3.80. The fourth-order valence-electron chi connectivity index (χ4n) is 3.71. The van der Waals surface area contributed by atoms with E-state index in [1.807, 2.05) is 45.0 Å². The summed E-state index contributed by atoms with van der Waals surface area (Å²) in [6, 6.07) is 16.1. The Labute approximate surface area is 174 Å². The van der Waals surface area contributed by atoms with E-state index in [1.54, 1.807) is 41.8 Å². The molecule has 0 saturated carbocycles. The van der Waals surface area contributed by atoms with Gasteiger partial charge in [0, 0.05) is 11.3 Å². The Balaban J connectivity index is 1.66. The molecule has 4 rings (SSSR count). The number of aromatic nitrogens is 3. The fourth-order valence-corrected chi connectivity index (χ4v) is 3.71. The summed E-state index contributed by atoms with van der Waals surface area (Å²) in [7, 11) is 0. The van der Waals surface area contributed by atoms with E-state index in [0.717, 1.165) is 22.6 Å². The average molecular weight is 398 g/mol. The first kappa shape index (κ1) is 19.5. The van der Waals surface area contributed by atoms with Gasteiger partial charge in [-0.2, -0.15) is 0 Å². The number of aryl methyl sites for hydroxylation is 4. The topological polar surface area (TPSA) is 76.9 Å². The summed E-state index contributed by atoms with van der Waals surface area (Å²) < 4.78 is 1.56. The van der Waals surface area contributed by atoms with Gasteiger partial charge in [0.05, 0.1) is 28.0 Å². The maximum atomic E-state index is 12.9. The molecule has 0 spiro atoms. The summed E-state index contributed by atoms with van der Waals surface area (Å²) in [5.41, 5.74) is 5.08. The lowest BCUT2D eigenvalue weighted by Gasteiger charge is -2.13. The lowest BCUT2D eigenvalue weighted by atomic mass is 10.1. The summed E-state index contributed by atoms with van der Waals surface area (Å²) in [4.78, 5) is 34.6. The highest BCUT2D eigenvalue weighted by atomic mass is 16.1. The van der Waals surface area contributed by atoms with Gasteiger partial charge in [-0.1, -0.05) is 12.1 Å². The van der Waals surface area contributed by atoms with E-state index < -0.39 is 0 Å². The van der Waals surface area contributed by atoms with Gasteiger partial charge in [-0.25, -0.2) is 4.98 Å². The van der Waals surface area contributed by atoms with Crippen molar-refractivity contribution in [2.45, 2.75) is 27.7 Å². The molecule has 0 fully saturated rings. The molecule has 2 aromatic heterocycles. The third-order valence-corrected chi connectivity index (χ3v) is 5.10. The van der Waals surface area contributed by atoms with Gasteiger partial charge in [-0.15, -0.1) is 0 Å². The standard InChI is InChI=1S/C24H22N4O2/c1-14-13-15(2)25-16(3)22(14)27-23(29)18-9-11-19(12-10-18)28-17(4)26-21-8-6-5-7-20(21)24(28)30/h5-13H,1-4H3,(H,27,29). The zero-order chi connectivity index (χ0) is 21.4. The summed E-state index contributed by atoms with van der Waals surface area (Å²) in [6.45, 7) is 7.54. The number of pyridine rings is 1. The van der Waals surface area contributed by atoms with Crippen LogP contribution >= 0.6 is 0 Å². The Morgan fingerprint density at radius 2 is 1.63 bits per heavy atom. The van der Waals surface area contributed by atoms with Gasteiger partial charge in [-0.05, 0) is 75.7 Å². The number of anilines is 1. The molecule has 4 aromatic rings. The summed E-state index contributed by atoms with van der Waals surface area (Å²) in [5.74, 6) is 0.368. The SMILES string of the molecule is Cc1cc(C)c(NC(=O)c2ccc(-n3c(C)nc4ccccc4c3=O)cc2)c(C)n1. The molecule has 1 N–H and O–H groups in total. The molecule has 2 aromatic carbocycles. The zero-order valence-corrected chi connectivity index (χ0v) is 17.4. The third-order valence-electron chi connectivity index (χ3n) is 5.10. The lowest BCUT2D eigenvalue weighted by molar-refractivity contribution is 0.102. The van der Waals surface area contributed by atoms with Crippen LogP contribution in [0.5, 0.6) is 0 Å². The van der Waals surface area contributed by atoms with E-state index >= 15 is 0 Å². The van der Waals surface area contributed by atoms with Gasteiger partial charge in [0.2, 0.25) is 0 Å². The zero-order valence-electron chi connectivity index (χ0n) is 17.4. The third kappa shape index (κ3) is 3.48. The summed E-state index contributed by atoms with van der Waals surface area (Å²) in [5, 5.41) is 3.50. The van der Waals surface area contributed by atoms with Crippen molar-refractivity contribution >= 4 is 22.5 Å². The average Bonchev–Trinajstić information content (AvgIpc) is 2.71. The maximum absolute atomic E-state index is 12.9. The smallest absolute Gasteiger partial charge is 0.265 e. The highest BCUT2D eigenvalue weighted by molar-refractivity contribution is 6.05. The van der Waals surface area contributed by atoms with Gasteiger partial charge < -0.3 is 5.32 Å². The highest BCUT2D eigenvalue weighted by Crippen LogP contribution is 2.21. The van der Waals surface area contributed by atoms with Crippen molar-refractivity contribution in [3.8, 4) is 5.69 Å². The van der Waals surface area contributed by atoms with Crippen LogP contribution in [0.25, 0.3) is 16.6 Å². The Kier molecular flexibility index (Phi) is 4.91. The van der Waals surface area contributed by atoms with Crippen molar-refractivity contribution in [1.82, 2.24) is 14.5 Å². The number of nitrogens with one attached hydrogen (secondary N) is 1. The van der Waals surface area contributed by atoms with Crippen molar-refractivity contribution in [3.63, 3.8) is 0 Å². The number of carbonyl (C=O) groups is 1. The predicted octanol–water partition coefficient (Wildman–Crippen LogP) is 4.27. The molecule has 30 heavy (non-hydrogen) atoms. The monoisotopic (exact) mass is 398 g/mol. The normalized spacial score (nSPS) is 10.9. The van der Waals surface area contributed by atoms with E-state index in [9.17, 15) is 9.59 Å². The summed E-state index contributed by atoms with van der Waals surface area (Å²) >= 11 is 0. The Morgan fingerprint density at radius 3 is 2.33 bits per heavy atom. The number of benzene rings is 2. The number of hydrogen-bond donors (Lipinski definition) is 1. The van der Waals surface area contributed by atoms with Gasteiger partial charge in [0.15, 0.2) is 0 Å². The quantitative estimate of drug-likeness (QED) is 0.559. The molecule has 0 aliphatic heterocycles. The minimum Gasteiger partial charge on any atom is -0.320 e. The predicted molar refractivity (Wildman–Crippen MR) is 118 cm³/mol. The van der Waals surface area contributed by atoms with Crippen LogP contribution in [-0.2, 0) is 0 Å². The van der Waals surface area contributed by atoms with Crippen molar-refractivity contribution in [3.05, 3.63) is 93.3 Å². The van der Waals surface area contributed by atoms with Crippen molar-refractivity contribution < 1.29 is 4.79 Å². The minimum absolute atomic E-state index is 0.132. The van der Waals surface area contributed by atoms with Crippen LogP contribution in [0.1, 0.15) is 33.1 Å². The number of nitrogens with zero attached hydrogens (tertiary/aromatic N) is 3. The van der Waals surface area contributed by atoms with Crippen molar-refractivity contribution in [1.29, 1.82) is 0 Å². The molecule has 0 radical (unpaired) electrons. The van der Waals surface area contributed by atoms with E-state index in [2.05, 4.69) is 15.3 Å². The van der Waals surface area contributed by atoms with E-state index in [1.165, 1.54) is 0 Å². The molecular formula is C24H22N4O2. The van der Waals surface area contributed by atoms with Crippen LogP contribution in [-0.4, -0.2) is 20.4 Å². The molecule has 0 atom stereocenters. The Bertz CT molecular complexity index is 1310. The molecule has 6 nitrogen and oxygen atoms in total. The molecule has 2 heterocycles. The second-order valence-electron chi connectivity index (χ2n) is 7.36. The molecule has 0 unspecified atom stereocenters. The molecule has 1 amide bonds. The lowest BCUT2D eigenvalue weighted by Crippen LogP contribution is -2.22.